The van der Waals surface area contributed by atoms with Gasteiger partial charge in [-0.25, -0.2) is 4.98 Å². The minimum Gasteiger partial charge on any atom is -0.325 e. The van der Waals surface area contributed by atoms with Gasteiger partial charge >= 0.3 is 6.18 Å². The van der Waals surface area contributed by atoms with E-state index >= 15 is 0 Å². The number of aromatic nitrogens is 2. The van der Waals surface area contributed by atoms with Crippen molar-refractivity contribution in [1.29, 1.82) is 0 Å². The third-order valence-corrected chi connectivity index (χ3v) is 8.54. The molecule has 0 saturated heterocycles. The molecule has 1 fully saturated rings. The normalized spacial score (nSPS) is 16.1. The Kier molecular flexibility index (Phi) is 7.40. The van der Waals surface area contributed by atoms with Gasteiger partial charge in [-0.05, 0) is 43.4 Å². The second kappa shape index (κ2) is 10.6. The quantitative estimate of drug-likeness (QED) is 0.275. The molecule has 2 aliphatic carbocycles. The number of amides is 1. The van der Waals surface area contributed by atoms with Gasteiger partial charge < -0.3 is 5.32 Å². The van der Waals surface area contributed by atoms with E-state index < -0.39 is 17.6 Å². The summed E-state index contributed by atoms with van der Waals surface area (Å²) in [5.74, 6) is -0.764. The number of carbonyl (C=O) groups is 1. The number of alkyl halides is 3. The van der Waals surface area contributed by atoms with Crippen LogP contribution < -0.4 is 10.9 Å². The summed E-state index contributed by atoms with van der Waals surface area (Å²) >= 11 is 1.08. The average molecular weight is 542 g/mol. The molecule has 0 unspecified atom stereocenters. The third kappa shape index (κ3) is 5.00. The predicted octanol–water partition coefficient (Wildman–Crippen LogP) is 6.83. The number of rotatable bonds is 6. The van der Waals surface area contributed by atoms with Crippen molar-refractivity contribution in [3.05, 3.63) is 75.6 Å². The van der Waals surface area contributed by atoms with E-state index in [1.54, 1.807) is 4.57 Å². The first-order chi connectivity index (χ1) is 18.2. The maximum absolute atomic E-state index is 14.1. The molecule has 1 heterocycles. The van der Waals surface area contributed by atoms with Gasteiger partial charge in [-0.15, -0.1) is 0 Å². The highest BCUT2D eigenvalue weighted by molar-refractivity contribution is 7.99. The fourth-order valence-electron chi connectivity index (χ4n) is 5.91. The highest BCUT2D eigenvalue weighted by atomic mass is 32.2. The number of halogens is 3. The summed E-state index contributed by atoms with van der Waals surface area (Å²) in [5, 5.41) is 2.80. The topological polar surface area (TPSA) is 64.0 Å². The zero-order chi connectivity index (χ0) is 26.9. The molecule has 1 amide bonds. The molecule has 9 heteroatoms. The van der Waals surface area contributed by atoms with Gasteiger partial charge in [0.05, 0.1) is 28.3 Å². The number of carbonyl (C=O) groups excluding carboxylic acids is 1. The van der Waals surface area contributed by atoms with Gasteiger partial charge in [0.2, 0.25) is 5.91 Å². The van der Waals surface area contributed by atoms with E-state index in [0.29, 0.717) is 23.8 Å². The Balaban J connectivity index is 1.50. The van der Waals surface area contributed by atoms with Crippen LogP contribution in [0.1, 0.15) is 62.1 Å². The van der Waals surface area contributed by atoms with Crippen LogP contribution in [0.25, 0.3) is 11.3 Å². The van der Waals surface area contributed by atoms with Gasteiger partial charge in [-0.3, -0.25) is 14.2 Å². The van der Waals surface area contributed by atoms with E-state index in [1.807, 2.05) is 25.1 Å². The molecule has 0 bridgehead atoms. The van der Waals surface area contributed by atoms with Gasteiger partial charge in [-0.2, -0.15) is 13.2 Å². The smallest absolute Gasteiger partial charge is 0.325 e. The van der Waals surface area contributed by atoms with Crippen molar-refractivity contribution in [2.75, 3.05) is 11.1 Å². The van der Waals surface area contributed by atoms with Crippen LogP contribution >= 0.6 is 11.8 Å². The summed E-state index contributed by atoms with van der Waals surface area (Å²) in [5.41, 5.74) is 2.13. The molecule has 1 N–H and O–H groups in total. The Bertz CT molecular complexity index is 1410. The highest BCUT2D eigenvalue weighted by Crippen LogP contribution is 2.48. The van der Waals surface area contributed by atoms with Crippen LogP contribution in [-0.4, -0.2) is 21.2 Å². The lowest BCUT2D eigenvalue weighted by Gasteiger charge is -2.42. The highest BCUT2D eigenvalue weighted by Gasteiger charge is 2.43. The number of benzene rings is 2. The summed E-state index contributed by atoms with van der Waals surface area (Å²) < 4.78 is 41.7. The van der Waals surface area contributed by atoms with Crippen molar-refractivity contribution < 1.29 is 18.0 Å². The van der Waals surface area contributed by atoms with Gasteiger partial charge in [0.15, 0.2) is 5.16 Å². The molecular weight excluding hydrogens is 511 g/mol. The number of hydrogen-bond acceptors (Lipinski definition) is 4. The van der Waals surface area contributed by atoms with Gasteiger partial charge in [-0.1, -0.05) is 74.3 Å². The fraction of sp³-hybridized carbons (Fsp3) is 0.414. The largest absolute Gasteiger partial charge is 0.418 e. The van der Waals surface area contributed by atoms with Crippen LogP contribution in [0.2, 0.25) is 0 Å². The van der Waals surface area contributed by atoms with Crippen LogP contribution in [-0.2, 0) is 29.4 Å². The maximum atomic E-state index is 14.1. The van der Waals surface area contributed by atoms with E-state index in [-0.39, 0.29) is 22.4 Å². The SMILES string of the molecule is CCCn1c(SCC(=O)Nc2ccccc2C(F)(F)F)nc2c(c1=O)C1(CCCCC1)Cc1ccccc1-2. The Labute approximate surface area is 223 Å². The molecule has 1 saturated carbocycles. The van der Waals surface area contributed by atoms with Crippen LogP contribution in [0.15, 0.2) is 58.5 Å². The van der Waals surface area contributed by atoms with E-state index in [2.05, 4.69) is 11.4 Å². The number of nitrogens with zero attached hydrogens (tertiary/aromatic N) is 2. The first kappa shape index (κ1) is 26.5. The van der Waals surface area contributed by atoms with Crippen LogP contribution in [0.3, 0.4) is 0 Å². The van der Waals surface area contributed by atoms with Crippen molar-refractivity contribution in [3.8, 4) is 11.3 Å². The molecule has 38 heavy (non-hydrogen) atoms. The number of anilines is 1. The first-order valence-electron chi connectivity index (χ1n) is 13.1. The number of thioether (sulfide) groups is 1. The van der Waals surface area contributed by atoms with Crippen molar-refractivity contribution in [1.82, 2.24) is 9.55 Å². The minimum absolute atomic E-state index is 0.0569. The molecule has 200 valence electrons. The molecular formula is C29H30F3N3O2S. The van der Waals surface area contributed by atoms with E-state index in [4.69, 9.17) is 4.98 Å². The summed E-state index contributed by atoms with van der Waals surface area (Å²) in [7, 11) is 0. The van der Waals surface area contributed by atoms with Crippen molar-refractivity contribution in [2.24, 2.45) is 0 Å². The predicted molar refractivity (Wildman–Crippen MR) is 143 cm³/mol. The third-order valence-electron chi connectivity index (χ3n) is 7.56. The summed E-state index contributed by atoms with van der Waals surface area (Å²) in [4.78, 5) is 31.8. The number of nitrogens with one attached hydrogen (secondary N) is 1. The fourth-order valence-corrected chi connectivity index (χ4v) is 6.73. The Morgan fingerprint density at radius 2 is 1.79 bits per heavy atom. The van der Waals surface area contributed by atoms with Gasteiger partial charge in [0.1, 0.15) is 0 Å². The second-order valence-corrected chi connectivity index (χ2v) is 11.1. The summed E-state index contributed by atoms with van der Waals surface area (Å²) in [6.07, 6.45) is 2.16. The average Bonchev–Trinajstić information content (AvgIpc) is 2.89. The second-order valence-electron chi connectivity index (χ2n) is 10.1. The molecule has 5 rings (SSSR count). The minimum atomic E-state index is -4.58. The number of para-hydroxylation sites is 1. The van der Waals surface area contributed by atoms with Crippen LogP contribution in [0.4, 0.5) is 18.9 Å². The molecule has 2 aromatic carbocycles. The molecule has 0 atom stereocenters. The van der Waals surface area contributed by atoms with Gasteiger partial charge in [0, 0.05) is 17.5 Å². The summed E-state index contributed by atoms with van der Waals surface area (Å²) in [6.45, 7) is 2.44. The molecule has 2 aliphatic rings. The Morgan fingerprint density at radius 1 is 1.08 bits per heavy atom. The molecule has 1 aromatic heterocycles. The molecule has 3 aromatic rings. The zero-order valence-electron chi connectivity index (χ0n) is 21.2. The van der Waals surface area contributed by atoms with E-state index in [0.717, 1.165) is 67.5 Å². The monoisotopic (exact) mass is 541 g/mol. The molecule has 0 aliphatic heterocycles. The first-order valence-corrected chi connectivity index (χ1v) is 14.0. The van der Waals surface area contributed by atoms with Crippen molar-refractivity contribution >= 4 is 23.4 Å². The van der Waals surface area contributed by atoms with E-state index in [1.165, 1.54) is 23.8 Å². The van der Waals surface area contributed by atoms with Crippen LogP contribution in [0, 0.1) is 0 Å². The maximum Gasteiger partial charge on any atom is 0.418 e. The van der Waals surface area contributed by atoms with E-state index in [9.17, 15) is 22.8 Å². The van der Waals surface area contributed by atoms with Crippen molar-refractivity contribution in [2.45, 2.75) is 75.2 Å². The molecule has 5 nitrogen and oxygen atoms in total. The number of hydrogen-bond donors (Lipinski definition) is 1. The molecule has 0 radical (unpaired) electrons. The lowest BCUT2D eigenvalue weighted by atomic mass is 9.62. The van der Waals surface area contributed by atoms with Crippen molar-refractivity contribution in [3.63, 3.8) is 0 Å². The Hall–Kier alpha value is -3.07. The van der Waals surface area contributed by atoms with Gasteiger partial charge in [0.25, 0.3) is 5.56 Å². The number of fused-ring (bicyclic) bond motifs is 4. The van der Waals surface area contributed by atoms with Crippen LogP contribution in [0.5, 0.6) is 0 Å². The Morgan fingerprint density at radius 3 is 2.53 bits per heavy atom. The lowest BCUT2D eigenvalue weighted by Crippen LogP contribution is -2.43. The summed E-state index contributed by atoms with van der Waals surface area (Å²) in [6, 6.07) is 12.9. The lowest BCUT2D eigenvalue weighted by molar-refractivity contribution is -0.137. The molecule has 1 spiro atoms. The zero-order valence-corrected chi connectivity index (χ0v) is 22.1. The standard InChI is InChI=1S/C29H30F3N3O2S/c1-2-16-35-26(37)24-25(20-11-5-4-10-19(20)17-28(24)14-8-3-9-15-28)34-27(35)38-18-23(36)33-22-13-7-6-12-21(22)29(30,31)32/h4-7,10-13H,2-3,8-9,14-18H2,1H3,(H,33,36).